The second-order valence-corrected chi connectivity index (χ2v) is 4.14. The summed E-state index contributed by atoms with van der Waals surface area (Å²) in [6.07, 6.45) is 1.65. The minimum Gasteiger partial charge on any atom is -0.467 e. The van der Waals surface area contributed by atoms with Crippen LogP contribution in [0.3, 0.4) is 0 Å². The van der Waals surface area contributed by atoms with Gasteiger partial charge in [0.25, 0.3) is 0 Å². The summed E-state index contributed by atoms with van der Waals surface area (Å²) in [5, 5.41) is 3.07. The summed E-state index contributed by atoms with van der Waals surface area (Å²) >= 11 is 0. The Morgan fingerprint density at radius 3 is 2.80 bits per heavy atom. The first-order valence-corrected chi connectivity index (χ1v) is 6.59. The molecule has 2 aromatic rings. The number of hydrogen-bond acceptors (Lipinski definition) is 7. The Morgan fingerprint density at radius 1 is 1.30 bits per heavy atom. The maximum atomic E-state index is 5.37. The van der Waals surface area contributed by atoms with E-state index in [1.54, 1.807) is 6.26 Å². The van der Waals surface area contributed by atoms with E-state index in [1.165, 1.54) is 0 Å². The zero-order chi connectivity index (χ0) is 14.4. The molecule has 0 amide bonds. The molecule has 7 heteroatoms. The van der Waals surface area contributed by atoms with E-state index in [4.69, 9.17) is 9.15 Å². The quantitative estimate of drug-likeness (QED) is 0.828. The van der Waals surface area contributed by atoms with E-state index in [2.05, 4.69) is 20.3 Å². The van der Waals surface area contributed by atoms with Gasteiger partial charge in [-0.05, 0) is 26.0 Å². The van der Waals surface area contributed by atoms with Gasteiger partial charge in [0.2, 0.25) is 11.9 Å². The van der Waals surface area contributed by atoms with Gasteiger partial charge in [-0.3, -0.25) is 0 Å². The summed E-state index contributed by atoms with van der Waals surface area (Å²) < 4.78 is 10.7. The van der Waals surface area contributed by atoms with Crippen molar-refractivity contribution in [2.45, 2.75) is 20.4 Å². The maximum absolute atomic E-state index is 5.37. The monoisotopic (exact) mass is 277 g/mol. The molecule has 0 spiro atoms. The number of ether oxygens (including phenoxy) is 1. The summed E-state index contributed by atoms with van der Waals surface area (Å²) in [5.74, 6) is 1.89. The zero-order valence-corrected chi connectivity index (χ0v) is 12.0. The summed E-state index contributed by atoms with van der Waals surface area (Å²) in [4.78, 5) is 14.7. The standard InChI is InChI=1S/C13H19N5O2/c1-4-14-11-15-12(17-13(16-11)19-5-2)18(3)9-10-7-6-8-20-10/h6-8H,4-5,9H2,1-3H3,(H,14,15,16,17). The first kappa shape index (κ1) is 14.1. The Hall–Kier alpha value is -2.31. The maximum Gasteiger partial charge on any atom is 0.323 e. The first-order valence-electron chi connectivity index (χ1n) is 6.59. The number of furan rings is 1. The molecule has 0 unspecified atom stereocenters. The molecule has 2 aromatic heterocycles. The van der Waals surface area contributed by atoms with Crippen LogP contribution >= 0.6 is 0 Å². The molecular formula is C13H19N5O2. The molecule has 0 aliphatic carbocycles. The van der Waals surface area contributed by atoms with Gasteiger partial charge >= 0.3 is 6.01 Å². The number of anilines is 2. The van der Waals surface area contributed by atoms with Gasteiger partial charge < -0.3 is 19.4 Å². The lowest BCUT2D eigenvalue weighted by Gasteiger charge is -2.16. The largest absolute Gasteiger partial charge is 0.467 e. The van der Waals surface area contributed by atoms with Crippen molar-refractivity contribution in [2.24, 2.45) is 0 Å². The Balaban J connectivity index is 2.19. The molecule has 108 valence electrons. The van der Waals surface area contributed by atoms with Crippen molar-refractivity contribution in [1.29, 1.82) is 0 Å². The highest BCUT2D eigenvalue weighted by atomic mass is 16.5. The van der Waals surface area contributed by atoms with Gasteiger partial charge in [-0.1, -0.05) is 0 Å². The fourth-order valence-electron chi connectivity index (χ4n) is 1.65. The lowest BCUT2D eigenvalue weighted by molar-refractivity contribution is 0.312. The fourth-order valence-corrected chi connectivity index (χ4v) is 1.65. The Kier molecular flexibility index (Phi) is 4.75. The summed E-state index contributed by atoms with van der Waals surface area (Å²) in [6.45, 7) is 5.70. The molecular weight excluding hydrogens is 258 g/mol. The van der Waals surface area contributed by atoms with Crippen LogP contribution < -0.4 is 15.0 Å². The van der Waals surface area contributed by atoms with Crippen LogP contribution in [0.15, 0.2) is 22.8 Å². The van der Waals surface area contributed by atoms with Crippen molar-refractivity contribution < 1.29 is 9.15 Å². The average molecular weight is 277 g/mol. The number of nitrogens with zero attached hydrogens (tertiary/aromatic N) is 4. The van der Waals surface area contributed by atoms with Crippen molar-refractivity contribution in [3.05, 3.63) is 24.2 Å². The van der Waals surface area contributed by atoms with E-state index >= 15 is 0 Å². The average Bonchev–Trinajstić information content (AvgIpc) is 2.92. The molecule has 0 saturated carbocycles. The van der Waals surface area contributed by atoms with Crippen LogP contribution in [-0.2, 0) is 6.54 Å². The van der Waals surface area contributed by atoms with Gasteiger partial charge in [0.05, 0.1) is 19.4 Å². The van der Waals surface area contributed by atoms with Gasteiger partial charge in [-0.25, -0.2) is 0 Å². The van der Waals surface area contributed by atoms with Crippen molar-refractivity contribution in [3.8, 4) is 6.01 Å². The zero-order valence-electron chi connectivity index (χ0n) is 12.0. The van der Waals surface area contributed by atoms with Gasteiger partial charge in [0.1, 0.15) is 5.76 Å². The third-order valence-corrected chi connectivity index (χ3v) is 2.53. The fraction of sp³-hybridized carbons (Fsp3) is 0.462. The highest BCUT2D eigenvalue weighted by molar-refractivity contribution is 5.37. The van der Waals surface area contributed by atoms with E-state index < -0.39 is 0 Å². The topological polar surface area (TPSA) is 76.3 Å². The van der Waals surface area contributed by atoms with Crippen LogP contribution in [-0.4, -0.2) is 35.2 Å². The summed E-state index contributed by atoms with van der Waals surface area (Å²) in [6, 6.07) is 4.08. The smallest absolute Gasteiger partial charge is 0.323 e. The molecule has 0 atom stereocenters. The molecule has 0 saturated heterocycles. The predicted molar refractivity (Wildman–Crippen MR) is 76.0 cm³/mol. The van der Waals surface area contributed by atoms with Crippen molar-refractivity contribution in [1.82, 2.24) is 15.0 Å². The molecule has 0 aromatic carbocycles. The lowest BCUT2D eigenvalue weighted by atomic mass is 10.4. The minimum atomic E-state index is 0.319. The molecule has 0 fully saturated rings. The number of rotatable bonds is 7. The van der Waals surface area contributed by atoms with Gasteiger partial charge in [-0.15, -0.1) is 0 Å². The van der Waals surface area contributed by atoms with Crippen LogP contribution in [0.4, 0.5) is 11.9 Å². The second-order valence-electron chi connectivity index (χ2n) is 4.14. The Morgan fingerprint density at radius 2 is 2.15 bits per heavy atom. The van der Waals surface area contributed by atoms with E-state index in [1.807, 2.05) is 37.9 Å². The lowest BCUT2D eigenvalue weighted by Crippen LogP contribution is -2.20. The minimum absolute atomic E-state index is 0.319. The van der Waals surface area contributed by atoms with Crippen LogP contribution in [0.5, 0.6) is 6.01 Å². The number of nitrogens with one attached hydrogen (secondary N) is 1. The van der Waals surface area contributed by atoms with Crippen molar-refractivity contribution in [3.63, 3.8) is 0 Å². The van der Waals surface area contributed by atoms with E-state index in [9.17, 15) is 0 Å². The Labute approximate surface area is 118 Å². The normalized spacial score (nSPS) is 10.3. The highest BCUT2D eigenvalue weighted by Gasteiger charge is 2.12. The first-order chi connectivity index (χ1) is 9.72. The van der Waals surface area contributed by atoms with Crippen LogP contribution in [0.1, 0.15) is 19.6 Å². The highest BCUT2D eigenvalue weighted by Crippen LogP contribution is 2.16. The Bertz CT molecular complexity index is 505. The number of aromatic nitrogens is 3. The summed E-state index contributed by atoms with van der Waals surface area (Å²) in [5.41, 5.74) is 0. The van der Waals surface area contributed by atoms with Crippen LogP contribution in [0.2, 0.25) is 0 Å². The second kappa shape index (κ2) is 6.74. The van der Waals surface area contributed by atoms with E-state index in [-0.39, 0.29) is 0 Å². The molecule has 0 radical (unpaired) electrons. The molecule has 1 N–H and O–H groups in total. The summed E-state index contributed by atoms with van der Waals surface area (Å²) in [7, 11) is 1.89. The molecule has 2 heterocycles. The third-order valence-electron chi connectivity index (χ3n) is 2.53. The van der Waals surface area contributed by atoms with Gasteiger partial charge in [0.15, 0.2) is 0 Å². The molecule has 20 heavy (non-hydrogen) atoms. The molecule has 0 bridgehead atoms. The van der Waals surface area contributed by atoms with Crippen LogP contribution in [0, 0.1) is 0 Å². The van der Waals surface area contributed by atoms with E-state index in [0.29, 0.717) is 31.1 Å². The molecule has 0 aliphatic heterocycles. The third kappa shape index (κ3) is 3.59. The van der Waals surface area contributed by atoms with Gasteiger partial charge in [-0.2, -0.15) is 15.0 Å². The van der Waals surface area contributed by atoms with E-state index in [0.717, 1.165) is 12.3 Å². The number of hydrogen-bond donors (Lipinski definition) is 1. The molecule has 2 rings (SSSR count). The van der Waals surface area contributed by atoms with Gasteiger partial charge in [0, 0.05) is 13.6 Å². The predicted octanol–water partition coefficient (Wildman–Crippen LogP) is 1.93. The van der Waals surface area contributed by atoms with Crippen molar-refractivity contribution in [2.75, 3.05) is 30.4 Å². The SMILES string of the molecule is CCNc1nc(OCC)nc(N(C)Cc2ccco2)n1. The van der Waals surface area contributed by atoms with Crippen molar-refractivity contribution >= 4 is 11.9 Å². The van der Waals surface area contributed by atoms with Crippen LogP contribution in [0.25, 0.3) is 0 Å². The molecule has 0 aliphatic rings. The molecule has 7 nitrogen and oxygen atoms in total.